The summed E-state index contributed by atoms with van der Waals surface area (Å²) in [7, 11) is 0. The molecule has 1 aromatic carbocycles. The van der Waals surface area contributed by atoms with Crippen LogP contribution in [0.1, 0.15) is 21.1 Å². The Labute approximate surface area is 107 Å². The molecular weight excluding hydrogens is 255 g/mol. The molecule has 2 N–H and O–H groups in total. The van der Waals surface area contributed by atoms with Crippen LogP contribution >= 0.6 is 11.3 Å². The predicted molar refractivity (Wildman–Crippen MR) is 66.1 cm³/mol. The van der Waals surface area contributed by atoms with Crippen LogP contribution in [0.15, 0.2) is 23.6 Å². The highest BCUT2D eigenvalue weighted by molar-refractivity contribution is 7.09. The lowest BCUT2D eigenvalue weighted by molar-refractivity contribution is 0.0943. The Morgan fingerprint density at radius 3 is 2.94 bits per heavy atom. The molecule has 0 bridgehead atoms. The van der Waals surface area contributed by atoms with Crippen molar-refractivity contribution < 1.29 is 14.3 Å². The smallest absolute Gasteiger partial charge is 0.258 e. The number of nitrogens with zero attached hydrogens (tertiary/aromatic N) is 1. The zero-order valence-corrected chi connectivity index (χ0v) is 10.4. The fourth-order valence-electron chi connectivity index (χ4n) is 1.49. The first kappa shape index (κ1) is 12.5. The largest absolute Gasteiger partial charge is 0.507 e. The van der Waals surface area contributed by atoms with Crippen molar-refractivity contribution in [2.75, 3.05) is 0 Å². The molecule has 4 nitrogen and oxygen atoms in total. The third-order valence-corrected chi connectivity index (χ3v) is 3.14. The number of benzene rings is 1. The van der Waals surface area contributed by atoms with Gasteiger partial charge in [0.2, 0.25) is 0 Å². The number of aromatic hydroxyl groups is 1. The summed E-state index contributed by atoms with van der Waals surface area (Å²) in [5.41, 5.74) is 0.367. The monoisotopic (exact) mass is 266 g/mol. The van der Waals surface area contributed by atoms with Gasteiger partial charge in [0, 0.05) is 5.38 Å². The summed E-state index contributed by atoms with van der Waals surface area (Å²) in [5.74, 6) is -1.78. The van der Waals surface area contributed by atoms with Gasteiger partial charge in [-0.25, -0.2) is 9.37 Å². The van der Waals surface area contributed by atoms with Crippen LogP contribution in [0.3, 0.4) is 0 Å². The van der Waals surface area contributed by atoms with Crippen LogP contribution < -0.4 is 5.32 Å². The molecule has 0 saturated heterocycles. The topological polar surface area (TPSA) is 62.2 Å². The third-order valence-electron chi connectivity index (χ3n) is 2.32. The van der Waals surface area contributed by atoms with E-state index in [1.54, 1.807) is 0 Å². The Hall–Kier alpha value is -1.95. The minimum absolute atomic E-state index is 0.205. The van der Waals surface area contributed by atoms with Crippen molar-refractivity contribution in [2.45, 2.75) is 13.5 Å². The molecule has 0 aliphatic carbocycles. The van der Waals surface area contributed by atoms with Gasteiger partial charge in [0.1, 0.15) is 17.1 Å². The number of phenolic OH excluding ortho intramolecular Hbond substituents is 1. The third kappa shape index (κ3) is 2.65. The zero-order valence-electron chi connectivity index (χ0n) is 9.61. The highest BCUT2D eigenvalue weighted by Crippen LogP contribution is 2.19. The number of thiazole rings is 1. The van der Waals surface area contributed by atoms with Crippen LogP contribution in [-0.2, 0) is 6.54 Å². The lowest BCUT2D eigenvalue weighted by Gasteiger charge is -2.06. The van der Waals surface area contributed by atoms with E-state index in [0.717, 1.165) is 11.1 Å². The number of hydrogen-bond donors (Lipinski definition) is 2. The highest BCUT2D eigenvalue weighted by atomic mass is 32.1. The summed E-state index contributed by atoms with van der Waals surface area (Å²) in [6, 6.07) is 3.73. The van der Waals surface area contributed by atoms with Crippen molar-refractivity contribution in [3.05, 3.63) is 45.7 Å². The number of amides is 1. The standard InChI is InChI=1S/C12H11FN2O2S/c1-7-15-8(6-18-7)5-14-12(17)11-9(13)3-2-4-10(11)16/h2-4,6,16H,5H2,1H3,(H,14,17). The van der Waals surface area contributed by atoms with E-state index >= 15 is 0 Å². The van der Waals surface area contributed by atoms with Crippen molar-refractivity contribution in [1.29, 1.82) is 0 Å². The van der Waals surface area contributed by atoms with Gasteiger partial charge in [-0.05, 0) is 19.1 Å². The average Bonchev–Trinajstić information content (AvgIpc) is 2.72. The van der Waals surface area contributed by atoms with Crippen LogP contribution in [0.5, 0.6) is 5.75 Å². The van der Waals surface area contributed by atoms with Gasteiger partial charge in [0.15, 0.2) is 0 Å². The van der Waals surface area contributed by atoms with Gasteiger partial charge in [-0.2, -0.15) is 0 Å². The van der Waals surface area contributed by atoms with E-state index in [1.165, 1.54) is 23.5 Å². The number of aromatic nitrogens is 1. The second-order valence-corrected chi connectivity index (χ2v) is 4.74. The summed E-state index contributed by atoms with van der Waals surface area (Å²) in [5, 5.41) is 14.7. The molecule has 1 amide bonds. The van der Waals surface area contributed by atoms with Gasteiger partial charge in [-0.15, -0.1) is 11.3 Å². The Morgan fingerprint density at radius 2 is 2.33 bits per heavy atom. The van der Waals surface area contributed by atoms with E-state index in [2.05, 4.69) is 10.3 Å². The molecule has 0 atom stereocenters. The molecule has 2 rings (SSSR count). The number of rotatable bonds is 3. The molecule has 0 saturated carbocycles. The van der Waals surface area contributed by atoms with E-state index in [4.69, 9.17) is 0 Å². The number of halogens is 1. The van der Waals surface area contributed by atoms with E-state index in [0.29, 0.717) is 5.69 Å². The number of phenols is 1. The van der Waals surface area contributed by atoms with Crippen LogP contribution in [0.4, 0.5) is 4.39 Å². The Kier molecular flexibility index (Phi) is 3.57. The van der Waals surface area contributed by atoms with Crippen LogP contribution in [0.25, 0.3) is 0 Å². The first-order valence-corrected chi connectivity index (χ1v) is 6.12. The van der Waals surface area contributed by atoms with Gasteiger partial charge in [-0.3, -0.25) is 4.79 Å². The average molecular weight is 266 g/mol. The predicted octanol–water partition coefficient (Wildman–Crippen LogP) is 2.23. The quantitative estimate of drug-likeness (QED) is 0.895. The lowest BCUT2D eigenvalue weighted by atomic mass is 10.1. The van der Waals surface area contributed by atoms with Crippen molar-refractivity contribution in [3.8, 4) is 5.75 Å². The van der Waals surface area contributed by atoms with Gasteiger partial charge < -0.3 is 10.4 Å². The lowest BCUT2D eigenvalue weighted by Crippen LogP contribution is -2.24. The summed E-state index contributed by atoms with van der Waals surface area (Å²) in [4.78, 5) is 15.9. The first-order valence-electron chi connectivity index (χ1n) is 5.24. The number of nitrogens with one attached hydrogen (secondary N) is 1. The molecule has 0 aliphatic heterocycles. The van der Waals surface area contributed by atoms with Crippen molar-refractivity contribution >= 4 is 17.2 Å². The Balaban J connectivity index is 2.08. The second kappa shape index (κ2) is 5.14. The molecule has 18 heavy (non-hydrogen) atoms. The van der Waals surface area contributed by atoms with Crippen molar-refractivity contribution in [2.24, 2.45) is 0 Å². The van der Waals surface area contributed by atoms with Gasteiger partial charge >= 0.3 is 0 Å². The van der Waals surface area contributed by atoms with E-state index in [1.807, 2.05) is 12.3 Å². The van der Waals surface area contributed by atoms with E-state index in [-0.39, 0.29) is 17.9 Å². The number of carbonyl (C=O) groups excluding carboxylic acids is 1. The molecule has 0 radical (unpaired) electrons. The minimum Gasteiger partial charge on any atom is -0.507 e. The molecule has 1 aromatic heterocycles. The maximum atomic E-state index is 13.4. The maximum Gasteiger partial charge on any atom is 0.258 e. The molecule has 6 heteroatoms. The first-order chi connectivity index (χ1) is 8.58. The van der Waals surface area contributed by atoms with Crippen molar-refractivity contribution in [3.63, 3.8) is 0 Å². The fourth-order valence-corrected chi connectivity index (χ4v) is 2.10. The Morgan fingerprint density at radius 1 is 1.56 bits per heavy atom. The zero-order chi connectivity index (χ0) is 13.1. The van der Waals surface area contributed by atoms with Crippen LogP contribution in [-0.4, -0.2) is 16.0 Å². The molecular formula is C12H11FN2O2S. The molecule has 0 aliphatic rings. The molecule has 1 heterocycles. The van der Waals surface area contributed by atoms with E-state index in [9.17, 15) is 14.3 Å². The molecule has 0 spiro atoms. The van der Waals surface area contributed by atoms with Gasteiger partial charge in [-0.1, -0.05) is 6.07 Å². The highest BCUT2D eigenvalue weighted by Gasteiger charge is 2.16. The Bertz CT molecular complexity index is 563. The van der Waals surface area contributed by atoms with Gasteiger partial charge in [0.05, 0.1) is 17.2 Å². The number of hydrogen-bond acceptors (Lipinski definition) is 4. The summed E-state index contributed by atoms with van der Waals surface area (Å²) >= 11 is 1.47. The summed E-state index contributed by atoms with van der Waals surface area (Å²) in [6.07, 6.45) is 0. The molecule has 94 valence electrons. The minimum atomic E-state index is -0.748. The van der Waals surface area contributed by atoms with Gasteiger partial charge in [0.25, 0.3) is 5.91 Å². The second-order valence-electron chi connectivity index (χ2n) is 3.67. The summed E-state index contributed by atoms with van der Waals surface area (Å²) < 4.78 is 13.4. The molecule has 0 fully saturated rings. The molecule has 2 aromatic rings. The normalized spacial score (nSPS) is 10.3. The number of aryl methyl sites for hydroxylation is 1. The number of carbonyl (C=O) groups is 1. The SMILES string of the molecule is Cc1nc(CNC(=O)c2c(O)cccc2F)cs1. The van der Waals surface area contributed by atoms with Crippen molar-refractivity contribution in [1.82, 2.24) is 10.3 Å². The molecule has 0 unspecified atom stereocenters. The van der Waals surface area contributed by atoms with Crippen LogP contribution in [0, 0.1) is 12.7 Å². The maximum absolute atomic E-state index is 13.4. The van der Waals surface area contributed by atoms with E-state index < -0.39 is 11.7 Å². The summed E-state index contributed by atoms with van der Waals surface area (Å²) in [6.45, 7) is 2.07. The fraction of sp³-hybridized carbons (Fsp3) is 0.167. The van der Waals surface area contributed by atoms with Crippen LogP contribution in [0.2, 0.25) is 0 Å².